The molecule has 0 atom stereocenters. The average molecular weight is 212 g/mol. The highest BCUT2D eigenvalue weighted by Gasteiger charge is 2.19. The van der Waals surface area contributed by atoms with Crippen molar-refractivity contribution in [3.63, 3.8) is 0 Å². The molecule has 1 aliphatic rings. The van der Waals surface area contributed by atoms with E-state index in [1.54, 1.807) is 13.8 Å². The second-order valence-electron chi connectivity index (χ2n) is 4.56. The molecule has 0 aliphatic heterocycles. The van der Waals surface area contributed by atoms with Gasteiger partial charge in [-0.25, -0.2) is 4.79 Å². The van der Waals surface area contributed by atoms with Gasteiger partial charge in [-0.1, -0.05) is 19.3 Å². The molecule has 1 rings (SSSR count). The second-order valence-corrected chi connectivity index (χ2v) is 4.56. The molecular weight excluding hydrogens is 192 g/mol. The van der Waals surface area contributed by atoms with Crippen LogP contribution >= 0.6 is 0 Å². The number of amides is 2. The number of hydrogen-bond acceptors (Lipinski definition) is 3. The minimum Gasteiger partial charge on any atom is -0.352 e. The lowest BCUT2D eigenvalue weighted by atomic mass is 9.96. The smallest absolute Gasteiger partial charge is 0.314 e. The molecule has 0 radical (unpaired) electrons. The molecule has 15 heavy (non-hydrogen) atoms. The molecule has 3 N–H and O–H groups in total. The fourth-order valence-electron chi connectivity index (χ4n) is 1.75. The summed E-state index contributed by atoms with van der Waals surface area (Å²) >= 11 is 0. The van der Waals surface area contributed by atoms with Gasteiger partial charge >= 0.3 is 6.03 Å². The van der Waals surface area contributed by atoms with Crippen LogP contribution in [0.25, 0.3) is 0 Å². The zero-order valence-electron chi connectivity index (χ0n) is 9.49. The fourth-order valence-corrected chi connectivity index (χ4v) is 1.75. The predicted molar refractivity (Wildman–Crippen MR) is 58.5 cm³/mol. The maximum Gasteiger partial charge on any atom is 0.314 e. The van der Waals surface area contributed by atoms with Crippen LogP contribution in [0.15, 0.2) is 10.2 Å². The van der Waals surface area contributed by atoms with E-state index in [0.29, 0.717) is 6.04 Å². The lowest BCUT2D eigenvalue weighted by Gasteiger charge is -2.21. The Balaban J connectivity index is 2.43. The number of hydrogen-bond donors (Lipinski definition) is 2. The number of primary amides is 1. The van der Waals surface area contributed by atoms with E-state index in [4.69, 9.17) is 5.73 Å². The minimum atomic E-state index is -0.691. The van der Waals surface area contributed by atoms with Gasteiger partial charge < -0.3 is 11.1 Å². The quantitative estimate of drug-likeness (QED) is 0.691. The third-order valence-electron chi connectivity index (χ3n) is 2.47. The van der Waals surface area contributed by atoms with Crippen LogP contribution in [-0.2, 0) is 0 Å². The van der Waals surface area contributed by atoms with Crippen LogP contribution in [0.5, 0.6) is 0 Å². The molecule has 0 bridgehead atoms. The van der Waals surface area contributed by atoms with Crippen molar-refractivity contribution in [2.24, 2.45) is 16.0 Å². The second kappa shape index (κ2) is 5.09. The zero-order chi connectivity index (χ0) is 11.3. The van der Waals surface area contributed by atoms with Gasteiger partial charge in [-0.3, -0.25) is 0 Å². The Morgan fingerprint density at radius 1 is 1.33 bits per heavy atom. The first-order chi connectivity index (χ1) is 6.99. The van der Waals surface area contributed by atoms with Gasteiger partial charge in [0.05, 0.1) is 6.04 Å². The molecule has 0 aromatic heterocycles. The average Bonchev–Trinajstić information content (AvgIpc) is 2.15. The van der Waals surface area contributed by atoms with Crippen molar-refractivity contribution < 1.29 is 4.79 Å². The van der Waals surface area contributed by atoms with Crippen LogP contribution in [0.4, 0.5) is 4.79 Å². The number of nitrogens with zero attached hydrogens (tertiary/aromatic N) is 2. The minimum absolute atomic E-state index is 0.327. The van der Waals surface area contributed by atoms with Gasteiger partial charge in [0.25, 0.3) is 0 Å². The van der Waals surface area contributed by atoms with Crippen LogP contribution in [-0.4, -0.2) is 17.7 Å². The standard InChI is InChI=1S/C10H20N4O/c1-10(2,12-9(11)15)14-13-8-6-4-3-5-7-8/h8H,3-7H2,1-2H3,(H3,11,12,15). The molecule has 0 unspecified atom stereocenters. The van der Waals surface area contributed by atoms with Gasteiger partial charge in [0.1, 0.15) is 5.66 Å². The molecule has 86 valence electrons. The maximum atomic E-state index is 10.7. The number of azo groups is 1. The first-order valence-corrected chi connectivity index (χ1v) is 5.49. The van der Waals surface area contributed by atoms with Crippen molar-refractivity contribution in [1.82, 2.24) is 5.32 Å². The molecule has 1 aliphatic carbocycles. The van der Waals surface area contributed by atoms with E-state index in [-0.39, 0.29) is 0 Å². The molecule has 0 aromatic carbocycles. The number of rotatable bonds is 3. The van der Waals surface area contributed by atoms with Gasteiger partial charge in [-0.05, 0) is 26.7 Å². The summed E-state index contributed by atoms with van der Waals surface area (Å²) in [6.45, 7) is 3.56. The van der Waals surface area contributed by atoms with Crippen molar-refractivity contribution in [1.29, 1.82) is 0 Å². The maximum absolute atomic E-state index is 10.7. The normalized spacial score (nSPS) is 19.3. The lowest BCUT2D eigenvalue weighted by molar-refractivity contribution is 0.237. The summed E-state index contributed by atoms with van der Waals surface area (Å²) in [5.41, 5.74) is 4.34. The third kappa shape index (κ3) is 4.76. The summed E-state index contributed by atoms with van der Waals surface area (Å²) in [5.74, 6) is 0. The van der Waals surface area contributed by atoms with E-state index in [1.165, 1.54) is 19.3 Å². The molecule has 0 saturated heterocycles. The zero-order valence-corrected chi connectivity index (χ0v) is 9.49. The fraction of sp³-hybridized carbons (Fsp3) is 0.900. The van der Waals surface area contributed by atoms with Crippen LogP contribution in [0.2, 0.25) is 0 Å². The van der Waals surface area contributed by atoms with Gasteiger partial charge in [-0.15, -0.1) is 0 Å². The monoisotopic (exact) mass is 212 g/mol. The summed E-state index contributed by atoms with van der Waals surface area (Å²) < 4.78 is 0. The van der Waals surface area contributed by atoms with Crippen molar-refractivity contribution in [3.05, 3.63) is 0 Å². The number of carbonyl (C=O) groups is 1. The molecule has 2 amide bonds. The lowest BCUT2D eigenvalue weighted by Crippen LogP contribution is -2.44. The van der Waals surface area contributed by atoms with Crippen LogP contribution in [0.1, 0.15) is 46.0 Å². The first kappa shape index (κ1) is 11.9. The van der Waals surface area contributed by atoms with E-state index in [9.17, 15) is 4.79 Å². The Labute approximate surface area is 90.5 Å². The molecule has 1 saturated carbocycles. The van der Waals surface area contributed by atoms with Gasteiger partial charge in [0, 0.05) is 0 Å². The van der Waals surface area contributed by atoms with Gasteiger partial charge in [0.15, 0.2) is 0 Å². The molecular formula is C10H20N4O. The van der Waals surface area contributed by atoms with E-state index in [2.05, 4.69) is 15.5 Å². The van der Waals surface area contributed by atoms with Gasteiger partial charge in [0.2, 0.25) is 0 Å². The SMILES string of the molecule is CC(C)(N=NC1CCCCC1)NC(N)=O. The topological polar surface area (TPSA) is 79.8 Å². The number of nitrogens with one attached hydrogen (secondary N) is 1. The van der Waals surface area contributed by atoms with E-state index >= 15 is 0 Å². The highest BCUT2D eigenvalue weighted by atomic mass is 16.2. The highest BCUT2D eigenvalue weighted by molar-refractivity contribution is 5.72. The first-order valence-electron chi connectivity index (χ1n) is 5.49. The molecule has 0 aromatic rings. The van der Waals surface area contributed by atoms with Crippen molar-refractivity contribution in [3.8, 4) is 0 Å². The summed E-state index contributed by atoms with van der Waals surface area (Å²) in [6, 6.07) is -0.240. The molecule has 5 nitrogen and oxygen atoms in total. The Hall–Kier alpha value is -1.13. The number of carbonyl (C=O) groups excluding carboxylic acids is 1. The summed E-state index contributed by atoms with van der Waals surface area (Å²) in [4.78, 5) is 10.7. The highest BCUT2D eigenvalue weighted by Crippen LogP contribution is 2.21. The molecule has 5 heteroatoms. The van der Waals surface area contributed by atoms with E-state index in [1.807, 2.05) is 0 Å². The van der Waals surface area contributed by atoms with Gasteiger partial charge in [-0.2, -0.15) is 10.2 Å². The van der Waals surface area contributed by atoms with Crippen LogP contribution < -0.4 is 11.1 Å². The molecule has 0 spiro atoms. The van der Waals surface area contributed by atoms with Crippen molar-refractivity contribution in [2.45, 2.75) is 57.7 Å². The van der Waals surface area contributed by atoms with Crippen LogP contribution in [0.3, 0.4) is 0 Å². The van der Waals surface area contributed by atoms with Crippen molar-refractivity contribution >= 4 is 6.03 Å². The van der Waals surface area contributed by atoms with Crippen LogP contribution in [0, 0.1) is 0 Å². The Bertz CT molecular complexity index is 244. The summed E-state index contributed by atoms with van der Waals surface area (Å²) in [6.07, 6.45) is 5.97. The third-order valence-corrected chi connectivity index (χ3v) is 2.47. The predicted octanol–water partition coefficient (Wildman–Crippen LogP) is 2.18. The number of nitrogens with two attached hydrogens (primary N) is 1. The summed E-state index contributed by atoms with van der Waals surface area (Å²) in [7, 11) is 0. The Kier molecular flexibility index (Phi) is 4.05. The molecule has 1 fully saturated rings. The van der Waals surface area contributed by atoms with E-state index in [0.717, 1.165) is 12.8 Å². The van der Waals surface area contributed by atoms with Crippen molar-refractivity contribution in [2.75, 3.05) is 0 Å². The Morgan fingerprint density at radius 2 is 1.93 bits per heavy atom. The molecule has 0 heterocycles. The number of urea groups is 1. The summed E-state index contributed by atoms with van der Waals surface area (Å²) in [5, 5.41) is 10.9. The Morgan fingerprint density at radius 3 is 2.47 bits per heavy atom. The van der Waals surface area contributed by atoms with E-state index < -0.39 is 11.7 Å². The largest absolute Gasteiger partial charge is 0.352 e.